The molecule has 188 valence electrons. The number of halogens is 1. The Morgan fingerprint density at radius 3 is 2.61 bits per heavy atom. The minimum absolute atomic E-state index is 0.00723. The highest BCUT2D eigenvalue weighted by Crippen LogP contribution is 2.21. The van der Waals surface area contributed by atoms with Gasteiger partial charge in [0.1, 0.15) is 11.6 Å². The lowest BCUT2D eigenvalue weighted by Crippen LogP contribution is -2.37. The molecule has 1 heterocycles. The van der Waals surface area contributed by atoms with E-state index < -0.39 is 0 Å². The quantitative estimate of drug-likeness (QED) is 0.423. The van der Waals surface area contributed by atoms with Crippen LogP contribution in [0.1, 0.15) is 41.3 Å². The van der Waals surface area contributed by atoms with E-state index in [1.165, 1.54) is 13.0 Å². The third-order valence-electron chi connectivity index (χ3n) is 6.06. The molecule has 36 heavy (non-hydrogen) atoms. The minimum Gasteiger partial charge on any atom is -0.493 e. The molecule has 1 atom stereocenters. The number of nitrogens with one attached hydrogen (secondary N) is 1. The summed E-state index contributed by atoms with van der Waals surface area (Å²) >= 11 is 0. The number of carbonyl (C=O) groups excluding carboxylic acids is 2. The molecule has 7 heteroatoms. The van der Waals surface area contributed by atoms with Crippen molar-refractivity contribution in [3.63, 3.8) is 0 Å². The Morgan fingerprint density at radius 1 is 1.08 bits per heavy atom. The molecule has 0 saturated carbocycles. The van der Waals surface area contributed by atoms with Gasteiger partial charge in [0.15, 0.2) is 0 Å². The Morgan fingerprint density at radius 2 is 1.89 bits per heavy atom. The lowest BCUT2D eigenvalue weighted by molar-refractivity contribution is -0.114. The molecule has 1 N–H and O–H groups in total. The summed E-state index contributed by atoms with van der Waals surface area (Å²) in [7, 11) is 0. The average molecular weight is 491 g/mol. The van der Waals surface area contributed by atoms with E-state index in [1.54, 1.807) is 41.3 Å². The Bertz CT molecular complexity index is 1180. The van der Waals surface area contributed by atoms with Gasteiger partial charge >= 0.3 is 0 Å². The molecule has 0 radical (unpaired) electrons. The first kappa shape index (κ1) is 25.4. The van der Waals surface area contributed by atoms with Gasteiger partial charge in [0.2, 0.25) is 5.91 Å². The molecular weight excluding hydrogens is 459 g/mol. The maximum Gasteiger partial charge on any atom is 0.254 e. The lowest BCUT2D eigenvalue weighted by Gasteiger charge is -2.26. The van der Waals surface area contributed by atoms with Crippen LogP contribution in [0.3, 0.4) is 0 Å². The van der Waals surface area contributed by atoms with Crippen molar-refractivity contribution in [2.24, 2.45) is 0 Å². The van der Waals surface area contributed by atoms with Crippen LogP contribution in [-0.4, -0.2) is 42.6 Å². The number of anilines is 1. The van der Waals surface area contributed by atoms with Gasteiger partial charge in [-0.2, -0.15) is 0 Å². The van der Waals surface area contributed by atoms with Crippen molar-refractivity contribution in [2.75, 3.05) is 25.1 Å². The molecule has 1 unspecified atom stereocenters. The highest BCUT2D eigenvalue weighted by Gasteiger charge is 2.24. The molecule has 3 aromatic carbocycles. The smallest absolute Gasteiger partial charge is 0.254 e. The maximum absolute atomic E-state index is 13.9. The molecule has 1 aliphatic heterocycles. The molecular formula is C29H31FN2O4. The Kier molecular flexibility index (Phi) is 8.68. The summed E-state index contributed by atoms with van der Waals surface area (Å²) in [4.78, 5) is 26.5. The van der Waals surface area contributed by atoms with Crippen molar-refractivity contribution >= 4 is 17.5 Å². The zero-order valence-electron chi connectivity index (χ0n) is 20.4. The summed E-state index contributed by atoms with van der Waals surface area (Å²) in [5, 5.41) is 2.72. The standard InChI is InChI=1S/C29H31FN2O4/c1-21(33)31-25-13-11-24(12-14-25)29(34)32(20-27-9-5-16-35-27)19-22-6-4-8-26(18-22)36-17-15-23-7-2-3-10-28(23)30/h2-4,6-8,10-14,18,27H,5,9,15-17,19-20H2,1H3,(H,31,33). The van der Waals surface area contributed by atoms with Crippen molar-refractivity contribution in [2.45, 2.75) is 38.8 Å². The molecule has 0 spiro atoms. The predicted octanol–water partition coefficient (Wildman–Crippen LogP) is 5.23. The van der Waals surface area contributed by atoms with Gasteiger partial charge in [-0.25, -0.2) is 4.39 Å². The molecule has 2 amide bonds. The zero-order chi connectivity index (χ0) is 25.3. The van der Waals surface area contributed by atoms with Crippen LogP contribution in [0, 0.1) is 5.82 Å². The van der Waals surface area contributed by atoms with Gasteiger partial charge in [0.25, 0.3) is 5.91 Å². The van der Waals surface area contributed by atoms with E-state index in [0.717, 1.165) is 18.4 Å². The van der Waals surface area contributed by atoms with E-state index >= 15 is 0 Å². The van der Waals surface area contributed by atoms with Crippen LogP contribution in [0.4, 0.5) is 10.1 Å². The fourth-order valence-corrected chi connectivity index (χ4v) is 4.27. The molecule has 1 aliphatic rings. The molecule has 1 saturated heterocycles. The first-order valence-corrected chi connectivity index (χ1v) is 12.2. The van der Waals surface area contributed by atoms with Crippen LogP contribution >= 0.6 is 0 Å². The normalized spacial score (nSPS) is 14.9. The summed E-state index contributed by atoms with van der Waals surface area (Å²) < 4.78 is 25.5. The Hall–Kier alpha value is -3.71. The second kappa shape index (κ2) is 12.3. The van der Waals surface area contributed by atoms with Crippen molar-refractivity contribution < 1.29 is 23.5 Å². The average Bonchev–Trinajstić information content (AvgIpc) is 3.38. The van der Waals surface area contributed by atoms with E-state index in [-0.39, 0.29) is 23.7 Å². The molecule has 0 aromatic heterocycles. The zero-order valence-corrected chi connectivity index (χ0v) is 20.4. The molecule has 1 fully saturated rings. The summed E-state index contributed by atoms with van der Waals surface area (Å²) in [6.45, 7) is 3.40. The number of nitrogens with zero attached hydrogens (tertiary/aromatic N) is 1. The van der Waals surface area contributed by atoms with Crippen LogP contribution in [0.15, 0.2) is 72.8 Å². The summed E-state index contributed by atoms with van der Waals surface area (Å²) in [6, 6.07) is 21.2. The molecule has 0 bridgehead atoms. The highest BCUT2D eigenvalue weighted by molar-refractivity contribution is 5.95. The highest BCUT2D eigenvalue weighted by atomic mass is 19.1. The Labute approximate surface area is 211 Å². The Balaban J connectivity index is 1.43. The van der Waals surface area contributed by atoms with Crippen molar-refractivity contribution in [3.8, 4) is 5.75 Å². The number of carbonyl (C=O) groups is 2. The lowest BCUT2D eigenvalue weighted by atomic mass is 10.1. The summed E-state index contributed by atoms with van der Waals surface area (Å²) in [6.07, 6.45) is 2.39. The molecule has 4 rings (SSSR count). The number of hydrogen-bond donors (Lipinski definition) is 1. The molecule has 3 aromatic rings. The van der Waals surface area contributed by atoms with Gasteiger partial charge in [0.05, 0.1) is 12.7 Å². The third kappa shape index (κ3) is 7.15. The van der Waals surface area contributed by atoms with Gasteiger partial charge in [-0.3, -0.25) is 9.59 Å². The van der Waals surface area contributed by atoms with Gasteiger partial charge < -0.3 is 19.7 Å². The van der Waals surface area contributed by atoms with Crippen LogP contribution in [0.25, 0.3) is 0 Å². The van der Waals surface area contributed by atoms with Crippen molar-refractivity contribution in [1.82, 2.24) is 4.90 Å². The monoisotopic (exact) mass is 490 g/mol. The maximum atomic E-state index is 13.9. The molecule has 0 aliphatic carbocycles. The summed E-state index contributed by atoms with van der Waals surface area (Å²) in [5.74, 6) is 0.173. The number of hydrogen-bond acceptors (Lipinski definition) is 4. The van der Waals surface area contributed by atoms with E-state index in [1.807, 2.05) is 30.3 Å². The van der Waals surface area contributed by atoms with E-state index in [2.05, 4.69) is 5.32 Å². The number of benzene rings is 3. The minimum atomic E-state index is -0.233. The first-order valence-electron chi connectivity index (χ1n) is 12.2. The number of rotatable bonds is 10. The fourth-order valence-electron chi connectivity index (χ4n) is 4.27. The van der Waals surface area contributed by atoms with E-state index in [0.29, 0.717) is 55.3 Å². The van der Waals surface area contributed by atoms with Gasteiger partial charge in [-0.1, -0.05) is 30.3 Å². The molecule has 6 nitrogen and oxygen atoms in total. The van der Waals surface area contributed by atoms with Crippen LogP contribution in [0.2, 0.25) is 0 Å². The van der Waals surface area contributed by atoms with Crippen LogP contribution in [-0.2, 0) is 22.5 Å². The SMILES string of the molecule is CC(=O)Nc1ccc(C(=O)N(Cc2cccc(OCCc3ccccc3F)c2)CC2CCCO2)cc1. The topological polar surface area (TPSA) is 67.9 Å². The summed E-state index contributed by atoms with van der Waals surface area (Å²) in [5.41, 5.74) is 2.73. The third-order valence-corrected chi connectivity index (χ3v) is 6.06. The van der Waals surface area contributed by atoms with Crippen molar-refractivity contribution in [1.29, 1.82) is 0 Å². The fraction of sp³-hybridized carbons (Fsp3) is 0.310. The van der Waals surface area contributed by atoms with Crippen molar-refractivity contribution in [3.05, 3.63) is 95.3 Å². The first-order chi connectivity index (χ1) is 17.5. The van der Waals surface area contributed by atoms with E-state index in [9.17, 15) is 14.0 Å². The van der Waals surface area contributed by atoms with E-state index in [4.69, 9.17) is 9.47 Å². The number of amides is 2. The van der Waals surface area contributed by atoms with Gasteiger partial charge in [0, 0.05) is 44.3 Å². The predicted molar refractivity (Wildman–Crippen MR) is 137 cm³/mol. The van der Waals surface area contributed by atoms with Gasteiger partial charge in [-0.05, 0) is 66.4 Å². The second-order valence-electron chi connectivity index (χ2n) is 8.92. The van der Waals surface area contributed by atoms with Gasteiger partial charge in [-0.15, -0.1) is 0 Å². The second-order valence-corrected chi connectivity index (χ2v) is 8.92. The van der Waals surface area contributed by atoms with Crippen LogP contribution in [0.5, 0.6) is 5.75 Å². The number of ether oxygens (including phenoxy) is 2. The van der Waals surface area contributed by atoms with Crippen LogP contribution < -0.4 is 10.1 Å². The largest absolute Gasteiger partial charge is 0.493 e.